The first kappa shape index (κ1) is 10.4. The van der Waals surface area contributed by atoms with Gasteiger partial charge in [-0.3, -0.25) is 10.1 Å². The standard InChI is InChI=1S/C9H9N3.C2H6/c1-7-6-9(12-11-7)8-4-2-3-5-10-8;1-2/h2-6H,1H3,(H,11,12);1-2H3. The summed E-state index contributed by atoms with van der Waals surface area (Å²) in [6.45, 7) is 5.97. The number of nitrogens with one attached hydrogen (secondary N) is 1. The van der Waals surface area contributed by atoms with Crippen LogP contribution >= 0.6 is 0 Å². The van der Waals surface area contributed by atoms with Gasteiger partial charge >= 0.3 is 0 Å². The van der Waals surface area contributed by atoms with Gasteiger partial charge in [0.1, 0.15) is 5.69 Å². The molecule has 74 valence electrons. The third kappa shape index (κ3) is 2.42. The Morgan fingerprint density at radius 1 is 1.14 bits per heavy atom. The van der Waals surface area contributed by atoms with Crippen LogP contribution in [0, 0.1) is 6.92 Å². The smallest absolute Gasteiger partial charge is 0.111 e. The minimum Gasteiger partial charge on any atom is -0.282 e. The summed E-state index contributed by atoms with van der Waals surface area (Å²) in [5.41, 5.74) is 2.85. The Labute approximate surface area is 84.2 Å². The van der Waals surface area contributed by atoms with E-state index in [9.17, 15) is 0 Å². The summed E-state index contributed by atoms with van der Waals surface area (Å²) in [6, 6.07) is 7.76. The molecule has 0 unspecified atom stereocenters. The number of hydrogen-bond donors (Lipinski definition) is 1. The monoisotopic (exact) mass is 189 g/mol. The van der Waals surface area contributed by atoms with E-state index in [4.69, 9.17) is 0 Å². The molecule has 0 aromatic carbocycles. The van der Waals surface area contributed by atoms with Gasteiger partial charge in [0.15, 0.2) is 0 Å². The van der Waals surface area contributed by atoms with Crippen LogP contribution in [0.1, 0.15) is 19.5 Å². The molecule has 0 aliphatic heterocycles. The predicted octanol–water partition coefficient (Wildman–Crippen LogP) is 2.81. The van der Waals surface area contributed by atoms with Crippen LogP contribution in [0.15, 0.2) is 30.5 Å². The number of H-pyrrole nitrogens is 1. The number of aromatic amines is 1. The Bertz CT molecular complexity index is 365. The summed E-state index contributed by atoms with van der Waals surface area (Å²) >= 11 is 0. The fourth-order valence-corrected chi connectivity index (χ4v) is 1.06. The molecule has 0 aliphatic rings. The molecule has 14 heavy (non-hydrogen) atoms. The van der Waals surface area contributed by atoms with Crippen LogP contribution in [0.3, 0.4) is 0 Å². The molecule has 2 aromatic rings. The second kappa shape index (κ2) is 5.17. The van der Waals surface area contributed by atoms with E-state index >= 15 is 0 Å². The van der Waals surface area contributed by atoms with Crippen LogP contribution in [0.2, 0.25) is 0 Å². The van der Waals surface area contributed by atoms with Crippen molar-refractivity contribution >= 4 is 0 Å². The molecule has 0 bridgehead atoms. The van der Waals surface area contributed by atoms with Gasteiger partial charge in [0, 0.05) is 11.9 Å². The van der Waals surface area contributed by atoms with Gasteiger partial charge in [-0.05, 0) is 25.1 Å². The van der Waals surface area contributed by atoms with Crippen LogP contribution < -0.4 is 0 Å². The van der Waals surface area contributed by atoms with Gasteiger partial charge in [0.05, 0.1) is 5.69 Å². The Morgan fingerprint density at radius 2 is 1.93 bits per heavy atom. The first-order chi connectivity index (χ1) is 6.86. The average molecular weight is 189 g/mol. The van der Waals surface area contributed by atoms with E-state index in [0.29, 0.717) is 0 Å². The van der Waals surface area contributed by atoms with E-state index < -0.39 is 0 Å². The van der Waals surface area contributed by atoms with Crippen molar-refractivity contribution in [1.82, 2.24) is 15.2 Å². The number of aromatic nitrogens is 3. The first-order valence-electron chi connectivity index (χ1n) is 4.80. The van der Waals surface area contributed by atoms with Crippen molar-refractivity contribution < 1.29 is 0 Å². The van der Waals surface area contributed by atoms with Crippen LogP contribution in [-0.4, -0.2) is 15.2 Å². The Kier molecular flexibility index (Phi) is 3.85. The maximum Gasteiger partial charge on any atom is 0.111 e. The first-order valence-corrected chi connectivity index (χ1v) is 4.80. The molecule has 0 fully saturated rings. The van der Waals surface area contributed by atoms with Crippen molar-refractivity contribution in [3.8, 4) is 11.4 Å². The number of pyridine rings is 1. The van der Waals surface area contributed by atoms with Crippen molar-refractivity contribution in [1.29, 1.82) is 0 Å². The van der Waals surface area contributed by atoms with Crippen LogP contribution in [0.4, 0.5) is 0 Å². The van der Waals surface area contributed by atoms with Gasteiger partial charge in [0.2, 0.25) is 0 Å². The maximum absolute atomic E-state index is 4.18. The minimum absolute atomic E-state index is 0.896. The summed E-state index contributed by atoms with van der Waals surface area (Å²) < 4.78 is 0. The minimum atomic E-state index is 0.896. The third-order valence-corrected chi connectivity index (χ3v) is 1.63. The highest BCUT2D eigenvalue weighted by Crippen LogP contribution is 2.12. The number of hydrogen-bond acceptors (Lipinski definition) is 2. The molecule has 3 nitrogen and oxygen atoms in total. The zero-order chi connectivity index (χ0) is 10.4. The lowest BCUT2D eigenvalue weighted by atomic mass is 10.2. The third-order valence-electron chi connectivity index (χ3n) is 1.63. The van der Waals surface area contributed by atoms with E-state index in [-0.39, 0.29) is 0 Å². The molecule has 3 heteroatoms. The van der Waals surface area contributed by atoms with Crippen LogP contribution in [0.25, 0.3) is 11.4 Å². The second-order valence-corrected chi connectivity index (χ2v) is 2.65. The Morgan fingerprint density at radius 3 is 2.43 bits per heavy atom. The quantitative estimate of drug-likeness (QED) is 0.749. The summed E-state index contributed by atoms with van der Waals surface area (Å²) in [7, 11) is 0. The normalized spacial score (nSPS) is 9.07. The number of aryl methyl sites for hydroxylation is 1. The topological polar surface area (TPSA) is 41.6 Å². The lowest BCUT2D eigenvalue weighted by molar-refractivity contribution is 1.04. The van der Waals surface area contributed by atoms with E-state index in [1.54, 1.807) is 6.20 Å². The molecule has 0 amide bonds. The SMILES string of the molecule is CC.Cc1cc(-c2ccccn2)n[nH]1. The molecule has 0 saturated heterocycles. The highest BCUT2D eigenvalue weighted by atomic mass is 15.1. The Hall–Kier alpha value is -1.64. The summed E-state index contributed by atoms with van der Waals surface area (Å²) in [4.78, 5) is 4.18. The lowest BCUT2D eigenvalue weighted by Gasteiger charge is -1.91. The Balaban J connectivity index is 0.000000461. The molecular formula is C11H15N3. The maximum atomic E-state index is 4.18. The van der Waals surface area contributed by atoms with Crippen molar-refractivity contribution in [2.45, 2.75) is 20.8 Å². The molecular weight excluding hydrogens is 174 g/mol. The van der Waals surface area contributed by atoms with Gasteiger partial charge in [-0.25, -0.2) is 0 Å². The van der Waals surface area contributed by atoms with E-state index in [2.05, 4.69) is 15.2 Å². The fraction of sp³-hybridized carbons (Fsp3) is 0.273. The summed E-state index contributed by atoms with van der Waals surface area (Å²) in [5.74, 6) is 0. The van der Waals surface area contributed by atoms with Gasteiger partial charge in [0.25, 0.3) is 0 Å². The van der Waals surface area contributed by atoms with Crippen LogP contribution in [0.5, 0.6) is 0 Å². The van der Waals surface area contributed by atoms with Crippen molar-refractivity contribution in [3.05, 3.63) is 36.2 Å². The number of rotatable bonds is 1. The molecule has 0 radical (unpaired) electrons. The van der Waals surface area contributed by atoms with Gasteiger partial charge in [-0.2, -0.15) is 5.10 Å². The highest BCUT2D eigenvalue weighted by molar-refractivity contribution is 5.53. The zero-order valence-electron chi connectivity index (χ0n) is 8.78. The van der Waals surface area contributed by atoms with Crippen molar-refractivity contribution in [3.63, 3.8) is 0 Å². The molecule has 0 saturated carbocycles. The molecule has 2 heterocycles. The molecule has 0 spiro atoms. The van der Waals surface area contributed by atoms with Gasteiger partial charge < -0.3 is 0 Å². The van der Waals surface area contributed by atoms with E-state index in [0.717, 1.165) is 17.1 Å². The second-order valence-electron chi connectivity index (χ2n) is 2.65. The number of nitrogens with zero attached hydrogens (tertiary/aromatic N) is 2. The van der Waals surface area contributed by atoms with Crippen molar-refractivity contribution in [2.24, 2.45) is 0 Å². The largest absolute Gasteiger partial charge is 0.282 e. The highest BCUT2D eigenvalue weighted by Gasteiger charge is 2.00. The van der Waals surface area contributed by atoms with E-state index in [1.165, 1.54) is 0 Å². The molecule has 0 atom stereocenters. The lowest BCUT2D eigenvalue weighted by Crippen LogP contribution is -1.80. The summed E-state index contributed by atoms with van der Waals surface area (Å²) in [6.07, 6.45) is 1.76. The summed E-state index contributed by atoms with van der Waals surface area (Å²) in [5, 5.41) is 6.98. The van der Waals surface area contributed by atoms with E-state index in [1.807, 2.05) is 45.0 Å². The molecule has 0 aliphatic carbocycles. The van der Waals surface area contributed by atoms with Crippen LogP contribution in [-0.2, 0) is 0 Å². The molecule has 1 N–H and O–H groups in total. The average Bonchev–Trinajstić information content (AvgIpc) is 2.69. The zero-order valence-corrected chi connectivity index (χ0v) is 8.78. The molecule has 2 aromatic heterocycles. The van der Waals surface area contributed by atoms with Crippen molar-refractivity contribution in [2.75, 3.05) is 0 Å². The van der Waals surface area contributed by atoms with Gasteiger partial charge in [-0.1, -0.05) is 19.9 Å². The fourth-order valence-electron chi connectivity index (χ4n) is 1.06. The molecule has 2 rings (SSSR count). The predicted molar refractivity (Wildman–Crippen MR) is 57.9 cm³/mol. The van der Waals surface area contributed by atoms with Gasteiger partial charge in [-0.15, -0.1) is 0 Å².